The van der Waals surface area contributed by atoms with Crippen LogP contribution in [-0.2, 0) is 4.74 Å². The van der Waals surface area contributed by atoms with Gasteiger partial charge in [-0.15, -0.1) is 0 Å². The molecule has 0 spiro atoms. The molecule has 0 aliphatic heterocycles. The molecule has 3 nitrogen and oxygen atoms in total. The third-order valence-electron chi connectivity index (χ3n) is 2.74. The second-order valence-electron chi connectivity index (χ2n) is 4.22. The first-order valence-electron chi connectivity index (χ1n) is 6.00. The molecule has 2 aromatic carbocycles. The van der Waals surface area contributed by atoms with E-state index >= 15 is 0 Å². The van der Waals surface area contributed by atoms with E-state index in [4.69, 9.17) is 5.11 Å². The topological polar surface area (TPSA) is 46.5 Å². The summed E-state index contributed by atoms with van der Waals surface area (Å²) in [6.45, 7) is 0. The van der Waals surface area contributed by atoms with Crippen molar-refractivity contribution in [1.29, 1.82) is 0 Å². The molecule has 0 aromatic heterocycles. The van der Waals surface area contributed by atoms with Crippen molar-refractivity contribution >= 4 is 5.97 Å². The summed E-state index contributed by atoms with van der Waals surface area (Å²) in [6, 6.07) is 4.79. The number of carbonyl (C=O) groups is 1. The zero-order chi connectivity index (χ0) is 16.3. The van der Waals surface area contributed by atoms with Gasteiger partial charge in [-0.1, -0.05) is 11.8 Å². The van der Waals surface area contributed by atoms with Crippen LogP contribution in [0.25, 0.3) is 0 Å². The number of hydrogen-bond donors (Lipinski definition) is 1. The molecular formula is C16H9F3O3. The van der Waals surface area contributed by atoms with E-state index in [-0.39, 0.29) is 11.1 Å². The maximum atomic E-state index is 13.8. The predicted molar refractivity (Wildman–Crippen MR) is 71.7 cm³/mol. The molecule has 0 fully saturated rings. The van der Waals surface area contributed by atoms with Crippen molar-refractivity contribution in [1.82, 2.24) is 0 Å². The molecule has 0 heterocycles. The molecular weight excluding hydrogens is 297 g/mol. The summed E-state index contributed by atoms with van der Waals surface area (Å²) in [6.07, 6.45) is 0. The second-order valence-corrected chi connectivity index (χ2v) is 4.22. The Hall–Kier alpha value is -2.94. The molecule has 22 heavy (non-hydrogen) atoms. The summed E-state index contributed by atoms with van der Waals surface area (Å²) in [7, 11) is 1.16. The lowest BCUT2D eigenvalue weighted by molar-refractivity contribution is 0.0600. The first-order valence-corrected chi connectivity index (χ1v) is 6.00. The second kappa shape index (κ2) is 6.22. The van der Waals surface area contributed by atoms with Gasteiger partial charge in [0.2, 0.25) is 0 Å². The molecule has 0 aliphatic rings. The Kier molecular flexibility index (Phi) is 4.37. The average Bonchev–Trinajstić information content (AvgIpc) is 2.46. The van der Waals surface area contributed by atoms with Crippen LogP contribution < -0.4 is 0 Å². The Morgan fingerprint density at radius 3 is 2.23 bits per heavy atom. The summed E-state index contributed by atoms with van der Waals surface area (Å²) in [5.74, 6) is 0.206. The highest BCUT2D eigenvalue weighted by Crippen LogP contribution is 2.19. The Labute approximate surface area is 124 Å². The summed E-state index contributed by atoms with van der Waals surface area (Å²) < 4.78 is 45.2. The lowest BCUT2D eigenvalue weighted by Gasteiger charge is -2.01. The van der Waals surface area contributed by atoms with Crippen molar-refractivity contribution in [2.45, 2.75) is 0 Å². The van der Waals surface area contributed by atoms with Gasteiger partial charge in [0.25, 0.3) is 0 Å². The largest absolute Gasteiger partial charge is 0.508 e. The van der Waals surface area contributed by atoms with E-state index in [1.54, 1.807) is 0 Å². The SMILES string of the molecule is COC(=O)c1ccc(C#Cc2c(F)cc(O)cc2F)c(F)c1. The Morgan fingerprint density at radius 2 is 1.68 bits per heavy atom. The van der Waals surface area contributed by atoms with Crippen molar-refractivity contribution in [2.75, 3.05) is 7.11 Å². The number of hydrogen-bond acceptors (Lipinski definition) is 3. The molecule has 0 radical (unpaired) electrons. The molecule has 0 aliphatic carbocycles. The van der Waals surface area contributed by atoms with E-state index in [9.17, 15) is 18.0 Å². The molecule has 0 amide bonds. The monoisotopic (exact) mass is 306 g/mol. The van der Waals surface area contributed by atoms with Gasteiger partial charge in [0, 0.05) is 12.1 Å². The van der Waals surface area contributed by atoms with Gasteiger partial charge in [-0.3, -0.25) is 0 Å². The average molecular weight is 306 g/mol. The van der Waals surface area contributed by atoms with E-state index in [0.29, 0.717) is 12.1 Å². The lowest BCUT2D eigenvalue weighted by atomic mass is 10.1. The lowest BCUT2D eigenvalue weighted by Crippen LogP contribution is -2.02. The van der Waals surface area contributed by atoms with Gasteiger partial charge in [-0.2, -0.15) is 0 Å². The molecule has 0 saturated carbocycles. The van der Waals surface area contributed by atoms with Crippen LogP contribution >= 0.6 is 0 Å². The van der Waals surface area contributed by atoms with Gasteiger partial charge in [0.05, 0.1) is 23.8 Å². The van der Waals surface area contributed by atoms with Crippen LogP contribution in [0.15, 0.2) is 30.3 Å². The highest BCUT2D eigenvalue weighted by Gasteiger charge is 2.10. The zero-order valence-corrected chi connectivity index (χ0v) is 11.3. The predicted octanol–water partition coefficient (Wildman–Crippen LogP) is 3.00. The van der Waals surface area contributed by atoms with E-state index < -0.39 is 34.7 Å². The Morgan fingerprint density at radius 1 is 1.05 bits per heavy atom. The maximum absolute atomic E-state index is 13.8. The Balaban J connectivity index is 2.39. The normalized spacial score (nSPS) is 9.82. The standard InChI is InChI=1S/C16H9F3O3/c1-22-16(21)10-3-2-9(13(17)6-10)4-5-12-14(18)7-11(20)8-15(12)19/h2-3,6-8,20H,1H3. The van der Waals surface area contributed by atoms with Crippen LogP contribution in [0.2, 0.25) is 0 Å². The molecule has 6 heteroatoms. The minimum absolute atomic E-state index is 0.00690. The van der Waals surface area contributed by atoms with Crippen molar-refractivity contribution in [3.05, 3.63) is 64.5 Å². The van der Waals surface area contributed by atoms with Gasteiger partial charge < -0.3 is 9.84 Å². The van der Waals surface area contributed by atoms with Crippen molar-refractivity contribution < 1.29 is 27.8 Å². The Bertz CT molecular complexity index is 781. The number of rotatable bonds is 1. The molecule has 112 valence electrons. The summed E-state index contributed by atoms with van der Waals surface area (Å²) in [5.41, 5.74) is -0.735. The number of carbonyl (C=O) groups excluding carboxylic acids is 1. The smallest absolute Gasteiger partial charge is 0.337 e. The van der Waals surface area contributed by atoms with Crippen molar-refractivity contribution in [2.24, 2.45) is 0 Å². The van der Waals surface area contributed by atoms with E-state index in [2.05, 4.69) is 16.6 Å². The van der Waals surface area contributed by atoms with Crippen molar-refractivity contribution in [3.8, 4) is 17.6 Å². The molecule has 1 N–H and O–H groups in total. The molecule has 2 aromatic rings. The highest BCUT2D eigenvalue weighted by atomic mass is 19.1. The number of esters is 1. The van der Waals surface area contributed by atoms with Crippen LogP contribution in [0.1, 0.15) is 21.5 Å². The first-order chi connectivity index (χ1) is 10.4. The molecule has 0 atom stereocenters. The van der Waals surface area contributed by atoms with Crippen LogP contribution in [0.4, 0.5) is 13.2 Å². The quantitative estimate of drug-likeness (QED) is 0.651. The number of phenols is 1. The number of ether oxygens (including phenoxy) is 1. The molecule has 2 rings (SSSR count). The third kappa shape index (κ3) is 3.20. The van der Waals surface area contributed by atoms with Gasteiger partial charge in [0.15, 0.2) is 0 Å². The minimum Gasteiger partial charge on any atom is -0.508 e. The molecule has 0 saturated heterocycles. The summed E-state index contributed by atoms with van der Waals surface area (Å²) in [5, 5.41) is 9.02. The summed E-state index contributed by atoms with van der Waals surface area (Å²) in [4.78, 5) is 11.2. The van der Waals surface area contributed by atoms with Gasteiger partial charge in [-0.05, 0) is 18.2 Å². The van der Waals surface area contributed by atoms with Crippen molar-refractivity contribution in [3.63, 3.8) is 0 Å². The number of aromatic hydroxyl groups is 1. The fourth-order valence-electron chi connectivity index (χ4n) is 1.67. The minimum atomic E-state index is -1.06. The van der Waals surface area contributed by atoms with Crippen LogP contribution in [0.3, 0.4) is 0 Å². The van der Waals surface area contributed by atoms with E-state index in [0.717, 1.165) is 13.2 Å². The molecule has 0 bridgehead atoms. The van der Waals surface area contributed by atoms with Gasteiger partial charge in [0.1, 0.15) is 23.2 Å². The molecule has 0 unspecified atom stereocenters. The first kappa shape index (κ1) is 15.4. The maximum Gasteiger partial charge on any atom is 0.337 e. The number of phenolic OH excluding ortho intramolecular Hbond substituents is 1. The highest BCUT2D eigenvalue weighted by molar-refractivity contribution is 5.89. The number of benzene rings is 2. The van der Waals surface area contributed by atoms with E-state index in [1.165, 1.54) is 12.1 Å². The fraction of sp³-hybridized carbons (Fsp3) is 0.0625. The number of halogens is 3. The van der Waals surface area contributed by atoms with Gasteiger partial charge >= 0.3 is 5.97 Å². The third-order valence-corrected chi connectivity index (χ3v) is 2.74. The fourth-order valence-corrected chi connectivity index (χ4v) is 1.67. The summed E-state index contributed by atoms with van der Waals surface area (Å²) >= 11 is 0. The zero-order valence-electron chi connectivity index (χ0n) is 11.3. The van der Waals surface area contributed by atoms with Crippen LogP contribution in [-0.4, -0.2) is 18.2 Å². The number of methoxy groups -OCH3 is 1. The van der Waals surface area contributed by atoms with Crippen LogP contribution in [0, 0.1) is 29.3 Å². The van der Waals surface area contributed by atoms with E-state index in [1.807, 2.05) is 0 Å². The van der Waals surface area contributed by atoms with Crippen LogP contribution in [0.5, 0.6) is 5.75 Å². The van der Waals surface area contributed by atoms with Gasteiger partial charge in [-0.25, -0.2) is 18.0 Å².